The molecule has 14 heavy (non-hydrogen) atoms. The third kappa shape index (κ3) is 4.35. The number of halogens is 3. The van der Waals surface area contributed by atoms with Gasteiger partial charge in [-0.2, -0.15) is 13.2 Å². The lowest BCUT2D eigenvalue weighted by atomic mass is 10.3. The van der Waals surface area contributed by atoms with Crippen LogP contribution in [-0.2, 0) is 0 Å². The van der Waals surface area contributed by atoms with E-state index in [2.05, 4.69) is 16.9 Å². The number of hydrogen-bond acceptors (Lipinski definition) is 2. The third-order valence-electron chi connectivity index (χ3n) is 1.23. The second-order valence-corrected chi connectivity index (χ2v) is 3.60. The molecule has 0 saturated carbocycles. The van der Waals surface area contributed by atoms with Crippen LogP contribution in [-0.4, -0.2) is 27.2 Å². The smallest absolute Gasteiger partial charge is 0.403 e. The second-order valence-electron chi connectivity index (χ2n) is 2.57. The number of aliphatic imine (C=N–C) groups is 1. The van der Waals surface area contributed by atoms with E-state index in [0.717, 1.165) is 6.20 Å². The monoisotopic (exact) mass is 221 g/mol. The molecule has 0 unspecified atom stereocenters. The van der Waals surface area contributed by atoms with Gasteiger partial charge in [0.1, 0.15) is 0 Å². The lowest BCUT2D eigenvalue weighted by Crippen LogP contribution is -2.21. The Labute approximate surface area is 88.0 Å². The Morgan fingerprint density at radius 3 is 2.36 bits per heavy atom. The Balaban J connectivity index is 5.20. The van der Waals surface area contributed by atoms with E-state index in [1.165, 1.54) is 6.92 Å². The quantitative estimate of drug-likeness (QED) is 0.413. The van der Waals surface area contributed by atoms with Gasteiger partial charge >= 0.3 is 22.5 Å². The largest absolute Gasteiger partial charge is 0.435 e. The molecule has 0 amide bonds. The van der Waals surface area contributed by atoms with Crippen LogP contribution in [0.4, 0.5) is 13.2 Å². The van der Waals surface area contributed by atoms with E-state index in [9.17, 15) is 13.2 Å². The summed E-state index contributed by atoms with van der Waals surface area (Å²) in [5, 5.41) is 2.33. The number of alkyl halides is 3. The molecular weight excluding hydrogens is 210 g/mol. The van der Waals surface area contributed by atoms with Crippen LogP contribution < -0.4 is 11.1 Å². The average Bonchev–Trinajstić information content (AvgIpc) is 1.98. The Hall–Kier alpha value is -0.928. The van der Waals surface area contributed by atoms with Crippen LogP contribution in [0.5, 0.6) is 0 Å². The molecule has 0 aromatic rings. The fourth-order valence-electron chi connectivity index (χ4n) is 0.758. The van der Waals surface area contributed by atoms with Crippen molar-refractivity contribution in [1.82, 2.24) is 5.32 Å². The van der Waals surface area contributed by atoms with Crippen molar-refractivity contribution in [2.24, 2.45) is 10.7 Å². The molecule has 78 valence electrons. The molecule has 0 aliphatic carbocycles. The molecular formula is C7H11AlF3N3. The molecule has 0 aliphatic heterocycles. The van der Waals surface area contributed by atoms with Gasteiger partial charge in [0.15, 0.2) is 5.70 Å². The molecule has 0 aliphatic rings. The molecule has 0 rings (SSSR count). The van der Waals surface area contributed by atoms with Crippen molar-refractivity contribution in [3.8, 4) is 0 Å². The van der Waals surface area contributed by atoms with Gasteiger partial charge in [0.25, 0.3) is 0 Å². The minimum absolute atomic E-state index is 0.0115. The summed E-state index contributed by atoms with van der Waals surface area (Å²) in [4.78, 5) is 3.27. The van der Waals surface area contributed by atoms with Crippen molar-refractivity contribution in [2.75, 3.05) is 0 Å². The number of allylic oxidation sites excluding steroid dienone is 2. The number of rotatable bonds is 3. The van der Waals surface area contributed by atoms with Crippen molar-refractivity contribution in [2.45, 2.75) is 13.1 Å². The van der Waals surface area contributed by atoms with Crippen molar-refractivity contribution in [3.63, 3.8) is 0 Å². The highest BCUT2D eigenvalue weighted by atomic mass is 27.0. The van der Waals surface area contributed by atoms with Crippen LogP contribution in [0.15, 0.2) is 29.2 Å². The molecule has 0 saturated heterocycles. The van der Waals surface area contributed by atoms with Crippen LogP contribution in [0.3, 0.4) is 0 Å². The number of nitrogens with two attached hydrogens (primary N) is 1. The van der Waals surface area contributed by atoms with Crippen LogP contribution in [0.1, 0.15) is 6.92 Å². The van der Waals surface area contributed by atoms with Crippen LogP contribution in [0.2, 0.25) is 0 Å². The summed E-state index contributed by atoms with van der Waals surface area (Å²) >= 11 is 0.290. The Kier molecular flexibility index (Phi) is 4.74. The van der Waals surface area contributed by atoms with E-state index in [0.29, 0.717) is 16.3 Å². The highest BCUT2D eigenvalue weighted by Crippen LogP contribution is 2.28. The van der Waals surface area contributed by atoms with Crippen molar-refractivity contribution in [1.29, 1.82) is 0 Å². The maximum atomic E-state index is 12.4. The summed E-state index contributed by atoms with van der Waals surface area (Å²) in [6.45, 7) is 4.52. The first-order chi connectivity index (χ1) is 6.29. The summed E-state index contributed by atoms with van der Waals surface area (Å²) in [5.74, 6) is 0. The molecule has 3 N–H and O–H groups in total. The van der Waals surface area contributed by atoms with Gasteiger partial charge in [0, 0.05) is 10.4 Å². The van der Waals surface area contributed by atoms with Crippen molar-refractivity contribution < 1.29 is 13.2 Å². The molecule has 0 aromatic heterocycles. The van der Waals surface area contributed by atoms with Gasteiger partial charge in [-0.1, -0.05) is 6.58 Å². The highest BCUT2D eigenvalue weighted by molar-refractivity contribution is 6.58. The van der Waals surface area contributed by atoms with E-state index in [-0.39, 0.29) is 10.4 Å². The Morgan fingerprint density at radius 1 is 1.57 bits per heavy atom. The van der Waals surface area contributed by atoms with Crippen LogP contribution in [0, 0.1) is 0 Å². The predicted molar refractivity (Wildman–Crippen MR) is 52.3 cm³/mol. The number of nitrogens with one attached hydrogen (secondary N) is 1. The minimum atomic E-state index is -4.50. The van der Waals surface area contributed by atoms with E-state index < -0.39 is 11.9 Å². The average molecular weight is 221 g/mol. The van der Waals surface area contributed by atoms with E-state index in [1.54, 1.807) is 0 Å². The van der Waals surface area contributed by atoms with Gasteiger partial charge in [0.2, 0.25) is 0 Å². The Morgan fingerprint density at radius 2 is 2.07 bits per heavy atom. The number of hydrogen-bond donors (Lipinski definition) is 2. The molecule has 0 heterocycles. The number of nitrogens with zero attached hydrogens (tertiary/aromatic N) is 1. The molecule has 7 heteroatoms. The lowest BCUT2D eigenvalue weighted by Gasteiger charge is -2.11. The highest BCUT2D eigenvalue weighted by Gasteiger charge is 2.35. The predicted octanol–water partition coefficient (Wildman–Crippen LogP) is 0.461. The number of amidine groups is 1. The normalized spacial score (nSPS) is 14.7. The zero-order chi connectivity index (χ0) is 11.4. The summed E-state index contributed by atoms with van der Waals surface area (Å²) in [5.41, 5.74) is 4.02. The van der Waals surface area contributed by atoms with Gasteiger partial charge < -0.3 is 11.1 Å². The van der Waals surface area contributed by atoms with Crippen molar-refractivity contribution in [3.05, 3.63) is 24.2 Å². The zero-order valence-electron chi connectivity index (χ0n) is 7.94. The van der Waals surface area contributed by atoms with Gasteiger partial charge in [-0.15, -0.1) is 0 Å². The van der Waals surface area contributed by atoms with E-state index in [1.807, 2.05) is 0 Å². The summed E-state index contributed by atoms with van der Waals surface area (Å²) in [6, 6.07) is 0. The first kappa shape index (κ1) is 13.1. The van der Waals surface area contributed by atoms with Gasteiger partial charge in [-0.25, -0.2) is 0 Å². The van der Waals surface area contributed by atoms with Crippen LogP contribution in [0.25, 0.3) is 0 Å². The fourth-order valence-corrected chi connectivity index (χ4v) is 0.981. The third-order valence-corrected chi connectivity index (χ3v) is 1.45. The van der Waals surface area contributed by atoms with Gasteiger partial charge in [0.05, 0.1) is 0 Å². The van der Waals surface area contributed by atoms with Crippen LogP contribution >= 0.6 is 0 Å². The van der Waals surface area contributed by atoms with E-state index in [4.69, 9.17) is 5.73 Å². The molecule has 0 fully saturated rings. The summed E-state index contributed by atoms with van der Waals surface area (Å²) < 4.78 is 37.1. The van der Waals surface area contributed by atoms with E-state index >= 15 is 0 Å². The van der Waals surface area contributed by atoms with Gasteiger partial charge in [-0.3, -0.25) is 4.99 Å². The fraction of sp³-hybridized carbons (Fsp3) is 0.286. The Bertz CT molecular complexity index is 276. The second kappa shape index (κ2) is 5.08. The standard InChI is InChI=1S/C7H9F3N3.Al.2H/c1-3-12-5(2)6(13-4-11)7(8,9)10;;;/h3,12H,1H2,2H3,(H2,11,13);;;/b6-5-;;;. The molecule has 0 bridgehead atoms. The molecule has 0 atom stereocenters. The minimum Gasteiger partial charge on any atom is -0.403 e. The topological polar surface area (TPSA) is 50.4 Å². The molecule has 0 aromatic carbocycles. The zero-order valence-corrected chi connectivity index (χ0v) is 9.94. The molecule has 0 spiro atoms. The first-order valence-corrected chi connectivity index (χ1v) is 4.75. The lowest BCUT2D eigenvalue weighted by molar-refractivity contribution is -0.0933. The molecule has 0 radical (unpaired) electrons. The SMILES string of the molecule is C=CN/C(C)=C(\N=[C](N)[AlH2])C(F)(F)F. The molecule has 3 nitrogen and oxygen atoms in total. The summed E-state index contributed by atoms with van der Waals surface area (Å²) in [7, 11) is 0. The first-order valence-electron chi connectivity index (χ1n) is 3.75. The maximum Gasteiger partial charge on any atom is 0.435 e. The van der Waals surface area contributed by atoms with Crippen molar-refractivity contribution >= 4 is 21.0 Å². The van der Waals surface area contributed by atoms with Gasteiger partial charge in [-0.05, 0) is 13.1 Å². The summed E-state index contributed by atoms with van der Waals surface area (Å²) in [6.07, 6.45) is -3.35. The maximum absolute atomic E-state index is 12.4.